The quantitative estimate of drug-likeness (QED) is 0.374. The number of nitrogens with zero attached hydrogens (tertiary/aromatic N) is 2. The summed E-state index contributed by atoms with van der Waals surface area (Å²) < 4.78 is 31.5. The van der Waals surface area contributed by atoms with Gasteiger partial charge in [0, 0.05) is 29.3 Å². The minimum atomic E-state index is -0.853. The molecule has 0 radical (unpaired) electrons. The molecule has 0 spiro atoms. The minimum Gasteiger partial charge on any atom is -0.402 e. The van der Waals surface area contributed by atoms with Crippen LogP contribution in [0.15, 0.2) is 53.2 Å². The van der Waals surface area contributed by atoms with Gasteiger partial charge in [0.1, 0.15) is 11.6 Å². The molecule has 24 heavy (non-hydrogen) atoms. The molecule has 8 heteroatoms. The number of rotatable bonds is 3. The summed E-state index contributed by atoms with van der Waals surface area (Å²) in [5.74, 6) is -2.56. The van der Waals surface area contributed by atoms with E-state index in [1.54, 1.807) is 0 Å². The summed E-state index contributed by atoms with van der Waals surface area (Å²) in [7, 11) is 0. The summed E-state index contributed by atoms with van der Waals surface area (Å²) >= 11 is 0. The summed E-state index contributed by atoms with van der Waals surface area (Å²) in [5, 5.41) is 10.8. The third-order valence-corrected chi connectivity index (χ3v) is 3.18. The number of benzene rings is 2. The molecule has 0 saturated carbocycles. The highest BCUT2D eigenvalue weighted by atomic mass is 19.1. The van der Waals surface area contributed by atoms with E-state index < -0.39 is 22.5 Å². The van der Waals surface area contributed by atoms with Crippen LogP contribution in [0.1, 0.15) is 11.1 Å². The average molecular weight is 330 g/mol. The maximum Gasteiger partial charge on any atom is 0.363 e. The Bertz CT molecular complexity index is 922. The molecule has 2 aromatic rings. The monoisotopic (exact) mass is 330 g/mol. The number of ether oxygens (including phenoxy) is 1. The fourth-order valence-corrected chi connectivity index (χ4v) is 2.05. The van der Waals surface area contributed by atoms with Gasteiger partial charge in [-0.25, -0.2) is 18.6 Å². The van der Waals surface area contributed by atoms with E-state index in [0.717, 1.165) is 18.2 Å². The average Bonchev–Trinajstić information content (AvgIpc) is 2.91. The maximum atomic E-state index is 13.6. The first-order chi connectivity index (χ1) is 11.4. The van der Waals surface area contributed by atoms with Gasteiger partial charge in [0.25, 0.3) is 5.69 Å². The molecule has 0 fully saturated rings. The van der Waals surface area contributed by atoms with E-state index >= 15 is 0 Å². The fourth-order valence-electron chi connectivity index (χ4n) is 2.05. The van der Waals surface area contributed by atoms with Gasteiger partial charge in [0.15, 0.2) is 5.70 Å². The summed E-state index contributed by atoms with van der Waals surface area (Å²) in [6.07, 6.45) is 1.11. The third kappa shape index (κ3) is 3.02. The second-order valence-corrected chi connectivity index (χ2v) is 4.81. The number of nitro benzene ring substituents is 1. The zero-order valence-corrected chi connectivity index (χ0v) is 11.9. The Kier molecular flexibility index (Phi) is 3.87. The van der Waals surface area contributed by atoms with Gasteiger partial charge < -0.3 is 4.74 Å². The summed E-state index contributed by atoms with van der Waals surface area (Å²) in [6, 6.07) is 8.27. The van der Waals surface area contributed by atoms with Gasteiger partial charge >= 0.3 is 5.97 Å². The van der Waals surface area contributed by atoms with Gasteiger partial charge in [-0.15, -0.1) is 0 Å². The predicted molar refractivity (Wildman–Crippen MR) is 80.1 cm³/mol. The molecule has 2 aromatic carbocycles. The van der Waals surface area contributed by atoms with Crippen molar-refractivity contribution in [2.24, 2.45) is 4.99 Å². The molecule has 0 atom stereocenters. The molecule has 0 unspecified atom stereocenters. The lowest BCUT2D eigenvalue weighted by molar-refractivity contribution is -0.384. The number of aliphatic imine (C=N–C) groups is 1. The molecule has 120 valence electrons. The van der Waals surface area contributed by atoms with Crippen molar-refractivity contribution in [1.82, 2.24) is 0 Å². The van der Waals surface area contributed by atoms with Crippen molar-refractivity contribution >= 4 is 23.6 Å². The molecule has 0 bridgehead atoms. The molecule has 1 heterocycles. The SMILES string of the molecule is O=C1OC(c2cccc([N+](=O)[O-])c2)=N/C1=C\c1ccc(F)cc1F. The Morgan fingerprint density at radius 3 is 2.67 bits per heavy atom. The van der Waals surface area contributed by atoms with Crippen LogP contribution in [0.3, 0.4) is 0 Å². The third-order valence-electron chi connectivity index (χ3n) is 3.18. The van der Waals surface area contributed by atoms with E-state index in [4.69, 9.17) is 4.74 Å². The second kappa shape index (κ2) is 5.99. The van der Waals surface area contributed by atoms with Crippen molar-refractivity contribution in [2.45, 2.75) is 0 Å². The Morgan fingerprint density at radius 1 is 1.17 bits per heavy atom. The number of hydrogen-bond donors (Lipinski definition) is 0. The lowest BCUT2D eigenvalue weighted by atomic mass is 10.2. The topological polar surface area (TPSA) is 81.8 Å². The fraction of sp³-hybridized carbons (Fsp3) is 0. The van der Waals surface area contributed by atoms with E-state index in [2.05, 4.69) is 4.99 Å². The van der Waals surface area contributed by atoms with Crippen LogP contribution < -0.4 is 0 Å². The van der Waals surface area contributed by atoms with Crippen LogP contribution in [0.2, 0.25) is 0 Å². The van der Waals surface area contributed by atoms with Crippen LogP contribution in [0.25, 0.3) is 6.08 Å². The van der Waals surface area contributed by atoms with Gasteiger partial charge in [-0.05, 0) is 24.3 Å². The molecular weight excluding hydrogens is 322 g/mol. The van der Waals surface area contributed by atoms with Gasteiger partial charge in [-0.2, -0.15) is 0 Å². The maximum absolute atomic E-state index is 13.6. The molecule has 1 aliphatic rings. The van der Waals surface area contributed by atoms with Gasteiger partial charge in [-0.1, -0.05) is 6.07 Å². The Hall–Kier alpha value is -3.42. The van der Waals surface area contributed by atoms with Crippen molar-refractivity contribution in [3.8, 4) is 0 Å². The van der Waals surface area contributed by atoms with Crippen LogP contribution >= 0.6 is 0 Å². The molecule has 0 saturated heterocycles. The normalized spacial score (nSPS) is 15.3. The summed E-state index contributed by atoms with van der Waals surface area (Å²) in [5.41, 5.74) is -0.178. The molecular formula is C16H8F2N2O4. The molecule has 0 aliphatic carbocycles. The predicted octanol–water partition coefficient (Wildman–Crippen LogP) is 3.22. The second-order valence-electron chi connectivity index (χ2n) is 4.81. The smallest absolute Gasteiger partial charge is 0.363 e. The largest absolute Gasteiger partial charge is 0.402 e. The number of carbonyl (C=O) groups is 1. The zero-order chi connectivity index (χ0) is 17.3. The van der Waals surface area contributed by atoms with Crippen molar-refractivity contribution in [2.75, 3.05) is 0 Å². The minimum absolute atomic E-state index is 0.0348. The lowest BCUT2D eigenvalue weighted by Gasteiger charge is -1.98. The molecule has 6 nitrogen and oxygen atoms in total. The van der Waals surface area contributed by atoms with E-state index in [0.29, 0.717) is 6.07 Å². The van der Waals surface area contributed by atoms with Crippen LogP contribution in [0, 0.1) is 21.7 Å². The standard InChI is InChI=1S/C16H8F2N2O4/c17-11-5-4-9(13(18)8-11)7-14-16(21)24-15(19-14)10-2-1-3-12(6-10)20(22)23/h1-8H/b14-7-. The lowest BCUT2D eigenvalue weighted by Crippen LogP contribution is -2.05. The Morgan fingerprint density at radius 2 is 1.96 bits per heavy atom. The summed E-state index contributed by atoms with van der Waals surface area (Å²) in [4.78, 5) is 25.9. The number of non-ortho nitro benzene ring substituents is 1. The van der Waals surface area contributed by atoms with Crippen molar-refractivity contribution in [3.05, 3.63) is 81.0 Å². The first-order valence-corrected chi connectivity index (χ1v) is 6.66. The first kappa shape index (κ1) is 15.5. The number of cyclic esters (lactones) is 1. The van der Waals surface area contributed by atoms with E-state index in [9.17, 15) is 23.7 Å². The van der Waals surface area contributed by atoms with Crippen molar-refractivity contribution < 1.29 is 23.2 Å². The molecule has 0 aromatic heterocycles. The molecule has 0 amide bonds. The van der Waals surface area contributed by atoms with Gasteiger partial charge in [0.2, 0.25) is 5.90 Å². The van der Waals surface area contributed by atoms with Crippen LogP contribution in [-0.4, -0.2) is 16.8 Å². The Balaban J connectivity index is 1.97. The number of carbonyl (C=O) groups excluding carboxylic acids is 1. The van der Waals surface area contributed by atoms with E-state index in [1.807, 2.05) is 0 Å². The van der Waals surface area contributed by atoms with Gasteiger partial charge in [-0.3, -0.25) is 10.1 Å². The number of halogens is 2. The highest BCUT2D eigenvalue weighted by molar-refractivity contribution is 6.13. The highest BCUT2D eigenvalue weighted by Gasteiger charge is 2.25. The molecule has 1 aliphatic heterocycles. The van der Waals surface area contributed by atoms with Crippen molar-refractivity contribution in [3.63, 3.8) is 0 Å². The highest BCUT2D eigenvalue weighted by Crippen LogP contribution is 2.22. The van der Waals surface area contributed by atoms with E-state index in [-0.39, 0.29) is 28.4 Å². The number of esters is 1. The molecule has 0 N–H and O–H groups in total. The number of nitro groups is 1. The zero-order valence-electron chi connectivity index (χ0n) is 11.9. The Labute approximate surface area is 133 Å². The van der Waals surface area contributed by atoms with Crippen molar-refractivity contribution in [1.29, 1.82) is 0 Å². The number of hydrogen-bond acceptors (Lipinski definition) is 5. The summed E-state index contributed by atoms with van der Waals surface area (Å²) in [6.45, 7) is 0. The van der Waals surface area contributed by atoms with E-state index in [1.165, 1.54) is 24.3 Å². The first-order valence-electron chi connectivity index (χ1n) is 6.66. The van der Waals surface area contributed by atoms with Crippen LogP contribution in [0.5, 0.6) is 0 Å². The van der Waals surface area contributed by atoms with Crippen LogP contribution in [0.4, 0.5) is 14.5 Å². The molecule has 3 rings (SSSR count). The van der Waals surface area contributed by atoms with Crippen LogP contribution in [-0.2, 0) is 9.53 Å². The van der Waals surface area contributed by atoms with Gasteiger partial charge in [0.05, 0.1) is 4.92 Å².